The first-order valence-corrected chi connectivity index (χ1v) is 35.3. The normalized spacial score (nSPS) is 43.9. The number of carbonyl (C=O) groups excluding carboxylic acids is 2. The van der Waals surface area contributed by atoms with Crippen LogP contribution in [0, 0.1) is 126 Å². The van der Waals surface area contributed by atoms with E-state index in [4.69, 9.17) is 0 Å². The summed E-state index contributed by atoms with van der Waals surface area (Å²) >= 11 is 0. The van der Waals surface area contributed by atoms with Gasteiger partial charge in [-0.1, -0.05) is 67.9 Å². The molecule has 0 unspecified atom stereocenters. The number of fused-ring (bicyclic) bond motifs is 15. The van der Waals surface area contributed by atoms with Gasteiger partial charge in [0.25, 0.3) is 0 Å². The van der Waals surface area contributed by atoms with E-state index < -0.39 is 16.8 Å². The van der Waals surface area contributed by atoms with E-state index in [9.17, 15) is 24.9 Å². The Morgan fingerprint density at radius 1 is 0.517 bits per heavy atom. The third-order valence-electron chi connectivity index (χ3n) is 27.9. The molecule has 3 N–H and O–H groups in total. The van der Waals surface area contributed by atoms with Crippen molar-refractivity contribution in [1.29, 1.82) is 0 Å². The summed E-state index contributed by atoms with van der Waals surface area (Å²) in [4.78, 5) is 26.5. The van der Waals surface area contributed by atoms with E-state index >= 15 is 0 Å². The largest absolute Gasteiger partial charge is 0.390 e. The summed E-state index contributed by atoms with van der Waals surface area (Å²) < 4.78 is 5.77. The Labute approximate surface area is 522 Å². The summed E-state index contributed by atoms with van der Waals surface area (Å²) in [6.07, 6.45) is 42.5. The summed E-state index contributed by atoms with van der Waals surface area (Å²) in [5, 5.41) is 44.9. The summed E-state index contributed by atoms with van der Waals surface area (Å²) in [5.41, 5.74) is 8.55. The van der Waals surface area contributed by atoms with Crippen molar-refractivity contribution in [1.82, 2.24) is 29.3 Å². The fourth-order valence-electron chi connectivity index (χ4n) is 23.6. The molecule has 0 radical (unpaired) electrons. The van der Waals surface area contributed by atoms with Gasteiger partial charge in [-0.3, -0.25) is 23.6 Å². The van der Waals surface area contributed by atoms with Crippen LogP contribution in [0.1, 0.15) is 213 Å². The molecule has 3 aromatic rings. The SMILES string of the molecule is C=C(Cn1ccc(C)n1)[C@H]1CC[C@H]2[C@@H]3CC=C4C[C@](C)(O)CC[C@@H]4[C@H]3CC[C@]12C.Cc1ccnn1CC(=O)[C@H]1CC[C@H]2[C@@H]3CC=C4C[C@](C)(O)CC[C@@H]4[C@H]3CC[C@]12C.Cc1cnn(CC(=O)[C@H]2CC[C@H]3[C@@H]4CC=C5C[C@](C)(O)CC[C@@H]5[C@H]4CC[C@]23C)c1. The first kappa shape index (κ1) is 61.7. The van der Waals surface area contributed by atoms with Crippen LogP contribution in [0.5, 0.6) is 0 Å². The van der Waals surface area contributed by atoms with Crippen molar-refractivity contribution in [2.45, 2.75) is 253 Å². The van der Waals surface area contributed by atoms with Crippen LogP contribution in [0.25, 0.3) is 0 Å². The number of allylic oxidation sites excluding steroid dienone is 4. The minimum atomic E-state index is -0.506. The molecule has 21 atom stereocenters. The molecule has 9 fully saturated rings. The van der Waals surface area contributed by atoms with E-state index in [0.29, 0.717) is 59.7 Å². The standard InChI is InChI=1S/C26H38N2O.2C25H36N2O2/c1-17(16-28-14-11-18(2)27-28)23-7-8-24-22-6-5-19-15-25(3,29)12-9-20(19)21(22)10-13-26(23,24)4;1-16-10-13-26-27(16)15-23(28)22-7-6-21-20-5-4-17-14-24(2,29)11-8-18(17)19(20)9-12-25(21,22)3;1-16-13-26-27(14-16)15-23(28)22-7-6-21-20-5-4-17-12-24(2,29)10-8-18(17)19(20)9-11-25(21,22)3/h5,11,14,20-24,29H,1,6-10,12-13,15-16H2,2-4H3;4,10,13,18-22,29H,5-9,11-12,14-15H2,1-3H3;4,13-14,18-22,29H,5-12,15H2,1-3H3/t20-,21+,22+,23+,24-,25+,26+;2*18-,19+,20+,21-,22+,24+,25-/m000/s1. The number of aliphatic hydroxyl groups is 3. The number of Topliss-reactive ketones (excluding diaryl/α,β-unsaturated/α-hetero) is 2. The first-order valence-electron chi connectivity index (χ1n) is 35.3. The van der Waals surface area contributed by atoms with E-state index in [1.807, 2.05) is 62.4 Å². The van der Waals surface area contributed by atoms with Gasteiger partial charge in [0.2, 0.25) is 0 Å². The van der Waals surface area contributed by atoms with E-state index in [1.165, 1.54) is 93.8 Å². The van der Waals surface area contributed by atoms with Gasteiger partial charge >= 0.3 is 0 Å². The van der Waals surface area contributed by atoms with Gasteiger partial charge in [-0.05, 0) is 307 Å². The molecule has 9 saturated carbocycles. The number of hydrogen-bond acceptors (Lipinski definition) is 8. The topological polar surface area (TPSA) is 148 Å². The molecule has 474 valence electrons. The van der Waals surface area contributed by atoms with Crippen LogP contribution in [-0.2, 0) is 29.2 Å². The molecule has 11 heteroatoms. The van der Waals surface area contributed by atoms with Crippen molar-refractivity contribution in [3.63, 3.8) is 0 Å². The highest BCUT2D eigenvalue weighted by molar-refractivity contribution is 5.82. The maximum absolute atomic E-state index is 13.3. The Hall–Kier alpha value is -4.19. The van der Waals surface area contributed by atoms with Crippen LogP contribution in [0.4, 0.5) is 0 Å². The zero-order valence-electron chi connectivity index (χ0n) is 55.0. The minimum absolute atomic E-state index is 0.158. The van der Waals surface area contributed by atoms with Crippen LogP contribution in [-0.4, -0.2) is 73.0 Å². The number of aryl methyl sites for hydroxylation is 3. The molecule has 15 rings (SSSR count). The lowest BCUT2D eigenvalue weighted by atomic mass is 9.51. The summed E-state index contributed by atoms with van der Waals surface area (Å²) in [6, 6.07) is 4.07. The minimum Gasteiger partial charge on any atom is -0.390 e. The molecule has 11 nitrogen and oxygen atoms in total. The molecule has 3 heterocycles. The number of hydrogen-bond donors (Lipinski definition) is 3. The smallest absolute Gasteiger partial charge is 0.157 e. The molecule has 12 aliphatic rings. The Kier molecular flexibility index (Phi) is 16.4. The number of rotatable bonds is 9. The van der Waals surface area contributed by atoms with Gasteiger partial charge in [-0.2, -0.15) is 15.3 Å². The predicted octanol–water partition coefficient (Wildman–Crippen LogP) is 15.1. The molecule has 0 bridgehead atoms. The second-order valence-electron chi connectivity index (χ2n) is 33.4. The van der Waals surface area contributed by atoms with E-state index in [0.717, 1.165) is 148 Å². The maximum atomic E-state index is 13.3. The molecular formula is C76H110N6O5. The Bertz CT molecular complexity index is 3030. The van der Waals surface area contributed by atoms with E-state index in [1.54, 1.807) is 11.8 Å². The molecule has 87 heavy (non-hydrogen) atoms. The number of ketones is 2. The van der Waals surface area contributed by atoms with Gasteiger partial charge in [0.1, 0.15) is 6.54 Å². The highest BCUT2D eigenvalue weighted by Gasteiger charge is 2.61. The van der Waals surface area contributed by atoms with Crippen molar-refractivity contribution in [3.05, 3.63) is 101 Å². The van der Waals surface area contributed by atoms with Crippen LogP contribution < -0.4 is 0 Å². The Balaban J connectivity index is 0.000000121. The highest BCUT2D eigenvalue weighted by Crippen LogP contribution is 2.67. The van der Waals surface area contributed by atoms with Crippen molar-refractivity contribution >= 4 is 11.6 Å². The van der Waals surface area contributed by atoms with Crippen LogP contribution in [0.15, 0.2) is 84.0 Å². The van der Waals surface area contributed by atoms with E-state index in [2.05, 4.69) is 84.7 Å². The monoisotopic (exact) mass is 1190 g/mol. The quantitative estimate of drug-likeness (QED) is 0.179. The summed E-state index contributed by atoms with van der Waals surface area (Å²) in [5.74, 6) is 10.8. The molecule has 0 aromatic carbocycles. The van der Waals surface area contributed by atoms with Crippen LogP contribution in [0.2, 0.25) is 0 Å². The van der Waals surface area contributed by atoms with Gasteiger partial charge in [0.15, 0.2) is 11.6 Å². The molecule has 3 aromatic heterocycles. The molecule has 12 aliphatic carbocycles. The highest BCUT2D eigenvalue weighted by atomic mass is 16.3. The van der Waals surface area contributed by atoms with Gasteiger partial charge < -0.3 is 15.3 Å². The van der Waals surface area contributed by atoms with Gasteiger partial charge in [-0.25, -0.2) is 0 Å². The zero-order valence-corrected chi connectivity index (χ0v) is 55.0. The van der Waals surface area contributed by atoms with Crippen molar-refractivity contribution < 1.29 is 24.9 Å². The number of nitrogens with zero attached hydrogens (tertiary/aromatic N) is 6. The molecule has 0 saturated heterocycles. The number of aromatic nitrogens is 6. The number of carbonyl (C=O) groups is 2. The predicted molar refractivity (Wildman–Crippen MR) is 344 cm³/mol. The lowest BCUT2D eigenvalue weighted by Gasteiger charge is -2.54. The average Bonchev–Trinajstić information content (AvgIpc) is 1.87. The summed E-state index contributed by atoms with van der Waals surface area (Å²) in [7, 11) is 0. The third kappa shape index (κ3) is 11.5. The van der Waals surface area contributed by atoms with Crippen molar-refractivity contribution in [2.75, 3.05) is 0 Å². The van der Waals surface area contributed by atoms with Gasteiger partial charge in [0, 0.05) is 36.1 Å². The van der Waals surface area contributed by atoms with Crippen LogP contribution in [0.3, 0.4) is 0 Å². The molecule has 0 aliphatic heterocycles. The molecule has 0 amide bonds. The van der Waals surface area contributed by atoms with Crippen molar-refractivity contribution in [3.8, 4) is 0 Å². The third-order valence-corrected chi connectivity index (χ3v) is 27.9. The second-order valence-corrected chi connectivity index (χ2v) is 33.4. The van der Waals surface area contributed by atoms with Crippen LogP contribution >= 0.6 is 0 Å². The Morgan fingerprint density at radius 2 is 0.954 bits per heavy atom. The Morgan fingerprint density at radius 3 is 1.36 bits per heavy atom. The molecule has 0 spiro atoms. The lowest BCUT2D eigenvalue weighted by molar-refractivity contribution is -0.130. The van der Waals surface area contributed by atoms with Gasteiger partial charge in [-0.15, -0.1) is 0 Å². The first-order chi connectivity index (χ1) is 41.3. The zero-order chi connectivity index (χ0) is 61.2. The summed E-state index contributed by atoms with van der Waals surface area (Å²) in [6.45, 7) is 25.9. The van der Waals surface area contributed by atoms with E-state index in [-0.39, 0.29) is 22.7 Å². The van der Waals surface area contributed by atoms with Crippen molar-refractivity contribution in [2.24, 2.45) is 105 Å². The molecular weight excluding hydrogens is 1080 g/mol. The fourth-order valence-corrected chi connectivity index (χ4v) is 23.6. The van der Waals surface area contributed by atoms with Gasteiger partial charge in [0.05, 0.1) is 41.8 Å². The average molecular weight is 1190 g/mol. The fraction of sp³-hybridized carbons (Fsp3) is 0.750. The lowest BCUT2D eigenvalue weighted by Crippen LogP contribution is -2.48. The maximum Gasteiger partial charge on any atom is 0.157 e. The second kappa shape index (κ2) is 23.2.